The van der Waals surface area contributed by atoms with Crippen LogP contribution < -0.4 is 22.3 Å². The van der Waals surface area contributed by atoms with Crippen LogP contribution in [-0.2, 0) is 4.79 Å². The highest BCUT2D eigenvalue weighted by molar-refractivity contribution is 5.92. The summed E-state index contributed by atoms with van der Waals surface area (Å²) in [6.45, 7) is 12.0. The van der Waals surface area contributed by atoms with Gasteiger partial charge in [0, 0.05) is 5.57 Å². The summed E-state index contributed by atoms with van der Waals surface area (Å²) in [6, 6.07) is 0.185. The van der Waals surface area contributed by atoms with Crippen molar-refractivity contribution >= 4 is 5.91 Å². The number of rotatable bonds is 21. The number of amides is 1. The first kappa shape index (κ1) is 32.8. The summed E-state index contributed by atoms with van der Waals surface area (Å²) >= 11 is 0. The third kappa shape index (κ3) is 22.6. The zero-order valence-corrected chi connectivity index (χ0v) is 23.3. The highest BCUT2D eigenvalue weighted by Gasteiger charge is 2.20. The molecule has 0 bridgehead atoms. The average molecular weight is 504 g/mol. The van der Waals surface area contributed by atoms with Gasteiger partial charge in [0.1, 0.15) is 0 Å². The molecule has 0 aliphatic heterocycles. The molecule has 0 aromatic heterocycles. The Hall–Kier alpha value is -0.350. The molecule has 0 rings (SSSR count). The lowest BCUT2D eigenvalue weighted by Gasteiger charge is -2.32. The van der Waals surface area contributed by atoms with E-state index in [9.17, 15) is 4.79 Å². The number of hydrogen-bond acceptors (Lipinski definition) is 1. The zero-order chi connectivity index (χ0) is 22.7. The molecule has 0 aliphatic rings. The number of carbonyl (C=O) groups is 1. The Kier molecular flexibility index (Phi) is 22.8. The van der Waals surface area contributed by atoms with Crippen molar-refractivity contribution in [3.63, 3.8) is 0 Å². The topological polar surface area (TPSA) is 29.1 Å². The SMILES string of the molecule is C=C(C)C(=O)NC(C)C[N+](C)(C)CCCCCCCCCCCCCCCCCC.[Br-]. The lowest BCUT2D eigenvalue weighted by Crippen LogP contribution is -3.00. The van der Waals surface area contributed by atoms with Crippen molar-refractivity contribution in [2.24, 2.45) is 0 Å². The van der Waals surface area contributed by atoms with Crippen LogP contribution in [0.5, 0.6) is 0 Å². The van der Waals surface area contributed by atoms with E-state index in [1.807, 2.05) is 0 Å². The highest BCUT2D eigenvalue weighted by Crippen LogP contribution is 2.14. The molecule has 0 fully saturated rings. The summed E-state index contributed by atoms with van der Waals surface area (Å²) in [5.41, 5.74) is 0.588. The Labute approximate surface area is 206 Å². The van der Waals surface area contributed by atoms with Crippen LogP contribution in [0.25, 0.3) is 0 Å². The summed E-state index contributed by atoms with van der Waals surface area (Å²) in [4.78, 5) is 11.7. The van der Waals surface area contributed by atoms with Crippen molar-refractivity contribution in [3.05, 3.63) is 12.2 Å². The van der Waals surface area contributed by atoms with Crippen molar-refractivity contribution < 1.29 is 26.3 Å². The summed E-state index contributed by atoms with van der Waals surface area (Å²) < 4.78 is 0.968. The molecule has 1 unspecified atom stereocenters. The molecule has 1 atom stereocenters. The first-order chi connectivity index (χ1) is 14.3. The van der Waals surface area contributed by atoms with E-state index in [0.29, 0.717) is 5.57 Å². The number of likely N-dealkylation sites (N-methyl/N-ethyl adjacent to an activating group) is 1. The second-order valence-electron chi connectivity index (χ2n) is 10.3. The number of quaternary nitrogens is 1. The number of nitrogens with one attached hydrogen (secondary N) is 1. The van der Waals surface area contributed by atoms with Gasteiger partial charge in [0.15, 0.2) is 0 Å². The number of hydrogen-bond donors (Lipinski definition) is 1. The summed E-state index contributed by atoms with van der Waals surface area (Å²) in [6.07, 6.45) is 22.6. The molecule has 0 aliphatic carbocycles. The molecule has 186 valence electrons. The first-order valence-corrected chi connectivity index (χ1v) is 13.1. The van der Waals surface area contributed by atoms with E-state index in [4.69, 9.17) is 0 Å². The van der Waals surface area contributed by atoms with Crippen LogP contribution in [0, 0.1) is 0 Å². The first-order valence-electron chi connectivity index (χ1n) is 13.1. The van der Waals surface area contributed by atoms with E-state index in [1.165, 1.54) is 109 Å². The Bertz CT molecular complexity index is 437. The van der Waals surface area contributed by atoms with Crippen LogP contribution in [-0.4, -0.2) is 43.6 Å². The van der Waals surface area contributed by atoms with Crippen LogP contribution >= 0.6 is 0 Å². The van der Waals surface area contributed by atoms with Crippen molar-refractivity contribution in [1.29, 1.82) is 0 Å². The summed E-state index contributed by atoms with van der Waals surface area (Å²) in [5.74, 6) is -0.0232. The standard InChI is InChI=1S/C27H54N2O.BrH/c1-7-8-9-10-11-12-13-14-15-16-17-18-19-20-21-22-23-29(5,6)24-26(4)28-27(30)25(2)3;/h26H,2,7-24H2,1,3-6H3;1H. The van der Waals surface area contributed by atoms with Crippen molar-refractivity contribution in [1.82, 2.24) is 5.32 Å². The molecule has 3 nitrogen and oxygen atoms in total. The zero-order valence-electron chi connectivity index (χ0n) is 21.7. The van der Waals surface area contributed by atoms with Gasteiger partial charge in [-0.2, -0.15) is 0 Å². The third-order valence-corrected chi connectivity index (χ3v) is 6.15. The molecule has 31 heavy (non-hydrogen) atoms. The molecular weight excluding hydrogens is 448 g/mol. The molecule has 4 heteroatoms. The van der Waals surface area contributed by atoms with Crippen molar-refractivity contribution in [2.45, 2.75) is 130 Å². The van der Waals surface area contributed by atoms with Gasteiger partial charge in [0.05, 0.1) is 33.2 Å². The minimum atomic E-state index is -0.0232. The highest BCUT2D eigenvalue weighted by atomic mass is 79.9. The fraction of sp³-hybridized carbons (Fsp3) is 0.889. The monoisotopic (exact) mass is 502 g/mol. The maximum Gasteiger partial charge on any atom is 0.246 e. The van der Waals surface area contributed by atoms with Gasteiger partial charge in [-0.3, -0.25) is 4.79 Å². The minimum Gasteiger partial charge on any atom is -1.00 e. The van der Waals surface area contributed by atoms with E-state index < -0.39 is 0 Å². The van der Waals surface area contributed by atoms with Gasteiger partial charge >= 0.3 is 0 Å². The molecule has 0 spiro atoms. The van der Waals surface area contributed by atoms with Crippen LogP contribution in [0.1, 0.15) is 124 Å². The molecule has 1 amide bonds. The average Bonchev–Trinajstić information content (AvgIpc) is 2.66. The lowest BCUT2D eigenvalue weighted by atomic mass is 10.0. The lowest BCUT2D eigenvalue weighted by molar-refractivity contribution is -0.891. The van der Waals surface area contributed by atoms with Gasteiger partial charge < -0.3 is 26.8 Å². The van der Waals surface area contributed by atoms with E-state index in [0.717, 1.165) is 11.0 Å². The van der Waals surface area contributed by atoms with Crippen LogP contribution in [0.15, 0.2) is 12.2 Å². The minimum absolute atomic E-state index is 0. The second kappa shape index (κ2) is 21.5. The predicted molar refractivity (Wildman–Crippen MR) is 134 cm³/mol. The van der Waals surface area contributed by atoms with Crippen molar-refractivity contribution in [2.75, 3.05) is 27.2 Å². The molecule has 0 aromatic rings. The maximum absolute atomic E-state index is 11.7. The molecular formula is C27H55BrN2O. The molecule has 0 saturated heterocycles. The molecule has 0 radical (unpaired) electrons. The predicted octanol–water partition coefficient (Wildman–Crippen LogP) is 4.41. The Morgan fingerprint density at radius 1 is 0.774 bits per heavy atom. The summed E-state index contributed by atoms with van der Waals surface area (Å²) in [5, 5.41) is 3.04. The largest absolute Gasteiger partial charge is 1.00 e. The molecule has 1 N–H and O–H groups in total. The van der Waals surface area contributed by atoms with Crippen LogP contribution in [0.2, 0.25) is 0 Å². The van der Waals surface area contributed by atoms with Gasteiger partial charge in [-0.15, -0.1) is 0 Å². The van der Waals surface area contributed by atoms with Crippen LogP contribution in [0.3, 0.4) is 0 Å². The van der Waals surface area contributed by atoms with E-state index in [1.54, 1.807) is 6.92 Å². The third-order valence-electron chi connectivity index (χ3n) is 6.15. The fourth-order valence-electron chi connectivity index (χ4n) is 4.31. The van der Waals surface area contributed by atoms with Gasteiger partial charge in [-0.1, -0.05) is 103 Å². The van der Waals surface area contributed by atoms with E-state index >= 15 is 0 Å². The number of carbonyl (C=O) groups excluding carboxylic acids is 1. The quantitative estimate of drug-likeness (QED) is 0.140. The summed E-state index contributed by atoms with van der Waals surface area (Å²) in [7, 11) is 4.54. The maximum atomic E-state index is 11.7. The normalized spacial score (nSPS) is 12.3. The Morgan fingerprint density at radius 2 is 1.13 bits per heavy atom. The Morgan fingerprint density at radius 3 is 1.48 bits per heavy atom. The fourth-order valence-corrected chi connectivity index (χ4v) is 4.31. The van der Waals surface area contributed by atoms with Gasteiger partial charge in [0.25, 0.3) is 0 Å². The number of nitrogens with zero attached hydrogens (tertiary/aromatic N) is 1. The van der Waals surface area contributed by atoms with E-state index in [2.05, 4.69) is 39.8 Å². The van der Waals surface area contributed by atoms with Gasteiger partial charge in [-0.05, 0) is 26.7 Å². The Balaban J connectivity index is 0. The van der Waals surface area contributed by atoms with Gasteiger partial charge in [0.2, 0.25) is 5.91 Å². The number of unbranched alkanes of at least 4 members (excludes halogenated alkanes) is 15. The second-order valence-corrected chi connectivity index (χ2v) is 10.3. The molecule has 0 aromatic carbocycles. The van der Waals surface area contributed by atoms with Crippen LogP contribution in [0.4, 0.5) is 0 Å². The molecule has 0 heterocycles. The van der Waals surface area contributed by atoms with E-state index in [-0.39, 0.29) is 28.9 Å². The number of halogens is 1. The van der Waals surface area contributed by atoms with Gasteiger partial charge in [-0.25, -0.2) is 0 Å². The smallest absolute Gasteiger partial charge is 0.246 e. The molecule has 0 saturated carbocycles. The van der Waals surface area contributed by atoms with Crippen molar-refractivity contribution in [3.8, 4) is 0 Å².